The molecule has 2 nitrogen and oxygen atoms in total. The largest absolute Gasteiger partial charge is 0.312 e. The predicted molar refractivity (Wildman–Crippen MR) is 81.4 cm³/mol. The van der Waals surface area contributed by atoms with Gasteiger partial charge in [-0.15, -0.1) is 0 Å². The van der Waals surface area contributed by atoms with E-state index in [1.807, 2.05) is 0 Å². The molecule has 0 saturated heterocycles. The van der Waals surface area contributed by atoms with Crippen LogP contribution in [-0.4, -0.2) is 37.1 Å². The Bertz CT molecular complexity index is 277. The molecular weight excluding hydrogens is 232 g/mol. The van der Waals surface area contributed by atoms with Crippen molar-refractivity contribution in [2.75, 3.05) is 20.1 Å². The summed E-state index contributed by atoms with van der Waals surface area (Å²) in [7, 11) is 2.33. The summed E-state index contributed by atoms with van der Waals surface area (Å²) in [6.07, 6.45) is 16.2. The van der Waals surface area contributed by atoms with Gasteiger partial charge in [-0.1, -0.05) is 32.1 Å². The number of nitrogens with one attached hydrogen (secondary N) is 1. The molecule has 3 aliphatic carbocycles. The minimum Gasteiger partial charge on any atom is -0.312 e. The molecule has 0 amide bonds. The second-order valence-electron chi connectivity index (χ2n) is 7.39. The van der Waals surface area contributed by atoms with Crippen molar-refractivity contribution in [1.29, 1.82) is 0 Å². The fraction of sp³-hybridized carbons (Fsp3) is 1.00. The molecule has 1 unspecified atom stereocenters. The van der Waals surface area contributed by atoms with Crippen LogP contribution in [0.15, 0.2) is 0 Å². The van der Waals surface area contributed by atoms with Gasteiger partial charge in [-0.2, -0.15) is 0 Å². The van der Waals surface area contributed by atoms with Crippen LogP contribution in [0.25, 0.3) is 0 Å². The lowest BCUT2D eigenvalue weighted by atomic mass is 9.57. The van der Waals surface area contributed by atoms with Gasteiger partial charge in [0.25, 0.3) is 0 Å². The predicted octanol–water partition coefficient (Wildman–Crippen LogP) is 3.56. The summed E-state index contributed by atoms with van der Waals surface area (Å²) in [5.41, 5.74) is 0.726. The van der Waals surface area contributed by atoms with Crippen molar-refractivity contribution in [2.45, 2.75) is 82.7 Å². The lowest BCUT2D eigenvalue weighted by Gasteiger charge is -2.52. The first-order chi connectivity index (χ1) is 9.30. The number of hydrogen-bond acceptors (Lipinski definition) is 2. The minimum absolute atomic E-state index is 0.726. The van der Waals surface area contributed by atoms with E-state index in [0.717, 1.165) is 17.5 Å². The van der Waals surface area contributed by atoms with Gasteiger partial charge >= 0.3 is 0 Å². The maximum absolute atomic E-state index is 3.89. The average molecular weight is 264 g/mol. The molecular formula is C17H32N2. The number of hydrogen-bond donors (Lipinski definition) is 1. The highest BCUT2D eigenvalue weighted by atomic mass is 15.1. The monoisotopic (exact) mass is 264 g/mol. The zero-order chi connectivity index (χ0) is 13.1. The molecule has 1 N–H and O–H groups in total. The van der Waals surface area contributed by atoms with E-state index in [1.54, 1.807) is 0 Å². The molecule has 0 heterocycles. The first-order valence-corrected chi connectivity index (χ1v) is 8.74. The maximum Gasteiger partial charge on any atom is 0.0124 e. The highest BCUT2D eigenvalue weighted by Crippen LogP contribution is 2.51. The van der Waals surface area contributed by atoms with Crippen LogP contribution in [0.1, 0.15) is 70.6 Å². The van der Waals surface area contributed by atoms with Gasteiger partial charge in [-0.05, 0) is 51.0 Å². The Hall–Kier alpha value is -0.0800. The van der Waals surface area contributed by atoms with Crippen LogP contribution < -0.4 is 5.32 Å². The first-order valence-electron chi connectivity index (χ1n) is 8.74. The molecule has 0 bridgehead atoms. The van der Waals surface area contributed by atoms with E-state index < -0.39 is 0 Å². The van der Waals surface area contributed by atoms with E-state index in [0.29, 0.717) is 0 Å². The summed E-state index contributed by atoms with van der Waals surface area (Å²) in [4.78, 5) is 2.60. The lowest BCUT2D eigenvalue weighted by molar-refractivity contribution is 0.0218. The number of rotatable bonds is 5. The quantitative estimate of drug-likeness (QED) is 0.817. The van der Waals surface area contributed by atoms with E-state index in [-0.39, 0.29) is 0 Å². The number of likely N-dealkylation sites (N-methyl/N-ethyl adjacent to an activating group) is 1. The third-order valence-corrected chi connectivity index (χ3v) is 6.32. The van der Waals surface area contributed by atoms with Gasteiger partial charge in [0.2, 0.25) is 0 Å². The topological polar surface area (TPSA) is 15.3 Å². The number of nitrogens with zero attached hydrogens (tertiary/aromatic N) is 1. The molecule has 3 rings (SSSR count). The molecule has 110 valence electrons. The Morgan fingerprint density at radius 1 is 0.947 bits per heavy atom. The van der Waals surface area contributed by atoms with Crippen LogP contribution in [0, 0.1) is 5.41 Å². The lowest BCUT2D eigenvalue weighted by Crippen LogP contribution is -2.55. The summed E-state index contributed by atoms with van der Waals surface area (Å²) in [6, 6.07) is 1.73. The SMILES string of the molecule is CN(CCNC1CCC12CCCCC2)C1CCCC1. The molecule has 0 aromatic rings. The molecule has 1 atom stereocenters. The van der Waals surface area contributed by atoms with Crippen LogP contribution in [0.5, 0.6) is 0 Å². The second kappa shape index (κ2) is 6.13. The first kappa shape index (κ1) is 13.9. The summed E-state index contributed by atoms with van der Waals surface area (Å²) in [6.45, 7) is 2.46. The minimum atomic E-state index is 0.726. The standard InChI is InChI=1S/C17H32N2/c1-19(15-7-3-4-8-15)14-13-18-16-9-12-17(16)10-5-2-6-11-17/h15-16,18H,2-14H2,1H3. The van der Waals surface area contributed by atoms with Crippen molar-refractivity contribution in [3.05, 3.63) is 0 Å². The normalized spacial score (nSPS) is 30.9. The Morgan fingerprint density at radius 3 is 2.32 bits per heavy atom. The molecule has 3 saturated carbocycles. The van der Waals surface area contributed by atoms with E-state index in [2.05, 4.69) is 17.3 Å². The maximum atomic E-state index is 3.89. The van der Waals surface area contributed by atoms with E-state index >= 15 is 0 Å². The van der Waals surface area contributed by atoms with Gasteiger partial charge in [-0.25, -0.2) is 0 Å². The van der Waals surface area contributed by atoms with Crippen LogP contribution in [0.2, 0.25) is 0 Å². The Morgan fingerprint density at radius 2 is 1.68 bits per heavy atom. The molecule has 0 aromatic heterocycles. The van der Waals surface area contributed by atoms with Crippen molar-refractivity contribution >= 4 is 0 Å². The third-order valence-electron chi connectivity index (χ3n) is 6.32. The summed E-state index contributed by atoms with van der Waals surface area (Å²) >= 11 is 0. The summed E-state index contributed by atoms with van der Waals surface area (Å²) < 4.78 is 0. The molecule has 0 aromatic carbocycles. The zero-order valence-corrected chi connectivity index (χ0v) is 12.8. The molecule has 0 aliphatic heterocycles. The molecule has 19 heavy (non-hydrogen) atoms. The van der Waals surface area contributed by atoms with Crippen LogP contribution >= 0.6 is 0 Å². The van der Waals surface area contributed by atoms with Crippen LogP contribution in [0.3, 0.4) is 0 Å². The van der Waals surface area contributed by atoms with Gasteiger partial charge < -0.3 is 10.2 Å². The molecule has 3 fully saturated rings. The van der Waals surface area contributed by atoms with Gasteiger partial charge in [0.05, 0.1) is 0 Å². The molecule has 0 radical (unpaired) electrons. The van der Waals surface area contributed by atoms with E-state index in [9.17, 15) is 0 Å². The Kier molecular flexibility index (Phi) is 4.48. The molecule has 2 heteroatoms. The zero-order valence-electron chi connectivity index (χ0n) is 12.8. The van der Waals surface area contributed by atoms with Crippen molar-refractivity contribution < 1.29 is 0 Å². The summed E-state index contributed by atoms with van der Waals surface area (Å²) in [5.74, 6) is 0. The summed E-state index contributed by atoms with van der Waals surface area (Å²) in [5, 5.41) is 3.89. The molecule has 3 aliphatic rings. The van der Waals surface area contributed by atoms with Crippen molar-refractivity contribution in [3.63, 3.8) is 0 Å². The van der Waals surface area contributed by atoms with Crippen molar-refractivity contribution in [3.8, 4) is 0 Å². The van der Waals surface area contributed by atoms with Crippen molar-refractivity contribution in [1.82, 2.24) is 10.2 Å². The Labute approximate surface area is 119 Å². The second-order valence-corrected chi connectivity index (χ2v) is 7.39. The fourth-order valence-corrected chi connectivity index (χ4v) is 4.81. The Balaban J connectivity index is 1.37. The molecule has 1 spiro atoms. The van der Waals surface area contributed by atoms with Gasteiger partial charge in [0, 0.05) is 25.2 Å². The third kappa shape index (κ3) is 3.00. The van der Waals surface area contributed by atoms with Crippen LogP contribution in [-0.2, 0) is 0 Å². The van der Waals surface area contributed by atoms with E-state index in [4.69, 9.17) is 0 Å². The van der Waals surface area contributed by atoms with E-state index in [1.165, 1.54) is 83.7 Å². The smallest absolute Gasteiger partial charge is 0.0124 e. The van der Waals surface area contributed by atoms with Gasteiger partial charge in [0.15, 0.2) is 0 Å². The van der Waals surface area contributed by atoms with Gasteiger partial charge in [0.1, 0.15) is 0 Å². The highest BCUT2D eigenvalue weighted by Gasteiger charge is 2.46. The average Bonchev–Trinajstić information content (AvgIpc) is 2.97. The fourth-order valence-electron chi connectivity index (χ4n) is 4.81. The van der Waals surface area contributed by atoms with Crippen molar-refractivity contribution in [2.24, 2.45) is 5.41 Å². The highest BCUT2D eigenvalue weighted by molar-refractivity contribution is 5.01. The van der Waals surface area contributed by atoms with Gasteiger partial charge in [-0.3, -0.25) is 0 Å². The van der Waals surface area contributed by atoms with Crippen LogP contribution in [0.4, 0.5) is 0 Å².